The van der Waals surface area contributed by atoms with Crippen molar-refractivity contribution < 1.29 is 24.5 Å². The Bertz CT molecular complexity index is 1010. The molecule has 5 nitrogen and oxygen atoms in total. The van der Waals surface area contributed by atoms with Crippen LogP contribution in [-0.2, 0) is 0 Å². The number of carbonyl (C=O) groups excluding carboxylic acids is 1. The first-order valence-corrected chi connectivity index (χ1v) is 10.8. The van der Waals surface area contributed by atoms with Crippen molar-refractivity contribution in [2.75, 3.05) is 7.11 Å². The van der Waals surface area contributed by atoms with Gasteiger partial charge in [0.25, 0.3) is 0 Å². The molecule has 2 N–H and O–H groups in total. The number of fused-ring (bicyclic) bond motifs is 3. The van der Waals surface area contributed by atoms with E-state index >= 15 is 0 Å². The van der Waals surface area contributed by atoms with Crippen LogP contribution in [0.4, 0.5) is 0 Å². The van der Waals surface area contributed by atoms with Gasteiger partial charge in [-0.15, -0.1) is 0 Å². The molecule has 2 aromatic carbocycles. The number of hydrogen-bond donors (Lipinski definition) is 2. The number of ether oxygens (including phenoxy) is 2. The van der Waals surface area contributed by atoms with Gasteiger partial charge in [-0.3, -0.25) is 4.79 Å². The van der Waals surface area contributed by atoms with Crippen LogP contribution in [0, 0.1) is 11.8 Å². The molecule has 0 bridgehead atoms. The number of methoxy groups -OCH3 is 1. The minimum absolute atomic E-state index is 0.112. The summed E-state index contributed by atoms with van der Waals surface area (Å²) in [4.78, 5) is 13.2. The van der Waals surface area contributed by atoms with Gasteiger partial charge in [-0.2, -0.15) is 0 Å². The first kappa shape index (κ1) is 21.4. The Morgan fingerprint density at radius 2 is 2.00 bits per heavy atom. The van der Waals surface area contributed by atoms with Crippen molar-refractivity contribution in [3.05, 3.63) is 59.2 Å². The van der Waals surface area contributed by atoms with Gasteiger partial charge in [0.15, 0.2) is 5.78 Å². The summed E-state index contributed by atoms with van der Waals surface area (Å²) < 4.78 is 11.9. The summed E-state index contributed by atoms with van der Waals surface area (Å²) in [5.41, 5.74) is 0.754. The summed E-state index contributed by atoms with van der Waals surface area (Å²) in [7, 11) is 1.55. The number of benzene rings is 2. The van der Waals surface area contributed by atoms with Crippen molar-refractivity contribution in [2.45, 2.75) is 51.2 Å². The van der Waals surface area contributed by atoms with E-state index in [-0.39, 0.29) is 28.9 Å². The van der Waals surface area contributed by atoms with Crippen LogP contribution in [0.2, 0.25) is 0 Å². The Hall–Kier alpha value is -2.79. The summed E-state index contributed by atoms with van der Waals surface area (Å²) >= 11 is 0. The second kappa shape index (κ2) is 8.04. The summed E-state index contributed by atoms with van der Waals surface area (Å²) in [5, 5.41) is 21.8. The molecule has 2 aliphatic rings. The quantitative estimate of drug-likeness (QED) is 0.526. The van der Waals surface area contributed by atoms with E-state index in [4.69, 9.17) is 9.47 Å². The van der Waals surface area contributed by atoms with Crippen LogP contribution in [0.1, 0.15) is 61.0 Å². The molecule has 0 radical (unpaired) electrons. The third-order valence-electron chi connectivity index (χ3n) is 6.77. The van der Waals surface area contributed by atoms with Crippen LogP contribution < -0.4 is 9.47 Å². The van der Waals surface area contributed by atoms with Crippen LogP contribution >= 0.6 is 0 Å². The van der Waals surface area contributed by atoms with Gasteiger partial charge >= 0.3 is 0 Å². The zero-order valence-electron chi connectivity index (χ0n) is 18.5. The number of allylic oxidation sites excluding steroid dienone is 1. The maximum absolute atomic E-state index is 13.2. The number of phenolic OH excluding ortho intramolecular Hbond substituents is 1. The Labute approximate surface area is 183 Å². The van der Waals surface area contributed by atoms with Gasteiger partial charge in [0.05, 0.1) is 12.7 Å². The molecule has 1 fully saturated rings. The molecule has 0 aromatic heterocycles. The van der Waals surface area contributed by atoms with Crippen LogP contribution in [0.25, 0.3) is 6.08 Å². The number of ketones is 1. The van der Waals surface area contributed by atoms with E-state index in [1.54, 1.807) is 20.1 Å². The molecule has 4 rings (SSSR count). The molecule has 1 saturated carbocycles. The predicted molar refractivity (Wildman–Crippen MR) is 120 cm³/mol. The lowest BCUT2D eigenvalue weighted by atomic mass is 9.65. The second-order valence-electron chi connectivity index (χ2n) is 9.19. The average molecular weight is 423 g/mol. The van der Waals surface area contributed by atoms with Crippen molar-refractivity contribution >= 4 is 11.9 Å². The van der Waals surface area contributed by atoms with Gasteiger partial charge in [0.2, 0.25) is 0 Å². The molecule has 164 valence electrons. The fraction of sp³-hybridized carbons (Fsp3) is 0.423. The number of carbonyl (C=O) groups is 1. The van der Waals surface area contributed by atoms with Crippen LogP contribution in [0.3, 0.4) is 0 Å². The molecular weight excluding hydrogens is 392 g/mol. The third-order valence-corrected chi connectivity index (χ3v) is 6.77. The molecule has 0 unspecified atom stereocenters. The molecule has 0 spiro atoms. The second-order valence-corrected chi connectivity index (χ2v) is 9.19. The fourth-order valence-electron chi connectivity index (χ4n) is 5.13. The Balaban J connectivity index is 1.82. The van der Waals surface area contributed by atoms with Gasteiger partial charge in [0.1, 0.15) is 28.9 Å². The lowest BCUT2D eigenvalue weighted by molar-refractivity contribution is -0.0919. The van der Waals surface area contributed by atoms with Crippen molar-refractivity contribution in [1.82, 2.24) is 0 Å². The smallest absolute Gasteiger partial charge is 0.193 e. The molecule has 5 heteroatoms. The Kier molecular flexibility index (Phi) is 5.56. The molecule has 0 saturated heterocycles. The van der Waals surface area contributed by atoms with E-state index in [1.165, 1.54) is 12.1 Å². The SMILES string of the molecule is COc1cc(O)c(C(=O)C=Cc2ccccc2)c2c1[C@H]1[C@H](C(C)C)CC[C@](C)(O)[C@H]1O2. The highest BCUT2D eigenvalue weighted by atomic mass is 16.5. The minimum atomic E-state index is -1.03. The Morgan fingerprint density at radius 1 is 1.29 bits per heavy atom. The van der Waals surface area contributed by atoms with Crippen molar-refractivity contribution in [2.24, 2.45) is 11.8 Å². The molecule has 2 aromatic rings. The van der Waals surface area contributed by atoms with Crippen LogP contribution in [0.5, 0.6) is 17.2 Å². The van der Waals surface area contributed by atoms with E-state index < -0.39 is 11.7 Å². The summed E-state index contributed by atoms with van der Waals surface area (Å²) in [6, 6.07) is 11.0. The third kappa shape index (κ3) is 3.72. The number of aromatic hydroxyl groups is 1. The highest BCUT2D eigenvalue weighted by molar-refractivity contribution is 6.11. The van der Waals surface area contributed by atoms with E-state index in [1.807, 2.05) is 30.3 Å². The van der Waals surface area contributed by atoms with E-state index in [0.29, 0.717) is 23.8 Å². The number of aliphatic hydroxyl groups is 1. The van der Waals surface area contributed by atoms with Gasteiger partial charge in [-0.1, -0.05) is 50.3 Å². The largest absolute Gasteiger partial charge is 0.507 e. The molecule has 1 aliphatic carbocycles. The average Bonchev–Trinajstić information content (AvgIpc) is 3.13. The highest BCUT2D eigenvalue weighted by Crippen LogP contribution is 2.58. The van der Waals surface area contributed by atoms with E-state index in [0.717, 1.165) is 17.5 Å². The molecule has 0 amide bonds. The molecule has 1 heterocycles. The number of rotatable bonds is 5. The van der Waals surface area contributed by atoms with Gasteiger partial charge in [-0.05, 0) is 43.2 Å². The number of phenols is 1. The zero-order chi connectivity index (χ0) is 22.3. The topological polar surface area (TPSA) is 76.0 Å². The first-order valence-electron chi connectivity index (χ1n) is 10.8. The zero-order valence-corrected chi connectivity index (χ0v) is 18.5. The summed E-state index contributed by atoms with van der Waals surface area (Å²) in [5.74, 6) is 0.826. The van der Waals surface area contributed by atoms with Crippen molar-refractivity contribution in [3.63, 3.8) is 0 Å². The number of hydrogen-bond acceptors (Lipinski definition) is 5. The first-order chi connectivity index (χ1) is 14.7. The van der Waals surface area contributed by atoms with Crippen LogP contribution in [0.15, 0.2) is 42.5 Å². The van der Waals surface area contributed by atoms with Gasteiger partial charge in [-0.25, -0.2) is 0 Å². The lowest BCUT2D eigenvalue weighted by Crippen LogP contribution is -2.51. The van der Waals surface area contributed by atoms with E-state index in [2.05, 4.69) is 13.8 Å². The molecule has 31 heavy (non-hydrogen) atoms. The Morgan fingerprint density at radius 3 is 2.65 bits per heavy atom. The van der Waals surface area contributed by atoms with Crippen LogP contribution in [-0.4, -0.2) is 34.8 Å². The highest BCUT2D eigenvalue weighted by Gasteiger charge is 2.55. The maximum Gasteiger partial charge on any atom is 0.193 e. The normalized spacial score (nSPS) is 27.1. The maximum atomic E-state index is 13.2. The standard InChI is InChI=1S/C26H30O5/c1-15(2)17-12-13-26(3,29)25-21(17)23-20(30-4)14-19(28)22(24(23)31-25)18(27)11-10-16-8-6-5-7-9-16/h5-11,14-15,17,21,25,28-29H,12-13H2,1-4H3/t17-,21+,25-,26-/m0/s1. The van der Waals surface area contributed by atoms with Gasteiger partial charge in [0, 0.05) is 17.5 Å². The minimum Gasteiger partial charge on any atom is -0.507 e. The fourth-order valence-corrected chi connectivity index (χ4v) is 5.13. The van der Waals surface area contributed by atoms with Crippen molar-refractivity contribution in [3.8, 4) is 17.2 Å². The summed E-state index contributed by atoms with van der Waals surface area (Å²) in [6.07, 6.45) is 4.14. The monoisotopic (exact) mass is 422 g/mol. The van der Waals surface area contributed by atoms with Gasteiger partial charge < -0.3 is 19.7 Å². The predicted octanol–water partition coefficient (Wildman–Crippen LogP) is 4.96. The summed E-state index contributed by atoms with van der Waals surface area (Å²) in [6.45, 7) is 6.12. The molecular formula is C26H30O5. The van der Waals surface area contributed by atoms with E-state index in [9.17, 15) is 15.0 Å². The molecule has 4 atom stereocenters. The van der Waals surface area contributed by atoms with Crippen molar-refractivity contribution in [1.29, 1.82) is 0 Å². The lowest BCUT2D eigenvalue weighted by Gasteiger charge is -2.44. The molecule has 1 aliphatic heterocycles.